The molecule has 1 aliphatic heterocycles. The Bertz CT molecular complexity index is 1170. The lowest BCUT2D eigenvalue weighted by atomic mass is 9.87. The van der Waals surface area contributed by atoms with E-state index in [0.29, 0.717) is 0 Å². The zero-order valence-electron chi connectivity index (χ0n) is 18.4. The van der Waals surface area contributed by atoms with E-state index in [9.17, 15) is 19.5 Å². The number of carboxylic acid groups (broad SMARTS) is 1. The van der Waals surface area contributed by atoms with Crippen molar-refractivity contribution in [3.63, 3.8) is 0 Å². The molecule has 2 atom stereocenters. The Morgan fingerprint density at radius 1 is 1.15 bits per heavy atom. The normalized spacial score (nSPS) is 17.9. The van der Waals surface area contributed by atoms with Crippen LogP contribution in [-0.2, 0) is 19.1 Å². The van der Waals surface area contributed by atoms with E-state index >= 15 is 0 Å². The van der Waals surface area contributed by atoms with Gasteiger partial charge in [-0.25, -0.2) is 4.79 Å². The van der Waals surface area contributed by atoms with Crippen LogP contribution in [0.25, 0.3) is 22.4 Å². The first-order valence-corrected chi connectivity index (χ1v) is 10.6. The molecule has 1 aromatic carbocycles. The Labute approximate surface area is 191 Å². The molecule has 0 radical (unpaired) electrons. The van der Waals surface area contributed by atoms with Crippen molar-refractivity contribution >= 4 is 17.8 Å². The second kappa shape index (κ2) is 8.90. The summed E-state index contributed by atoms with van der Waals surface area (Å²) in [5, 5.41) is 12.1. The maximum Gasteiger partial charge on any atom is 0.329 e. The van der Waals surface area contributed by atoms with Crippen LogP contribution in [0.3, 0.4) is 0 Å². The Hall–Kier alpha value is -3.94. The third-order valence-electron chi connectivity index (χ3n) is 5.81. The van der Waals surface area contributed by atoms with Crippen LogP contribution in [0.15, 0.2) is 67.1 Å². The van der Waals surface area contributed by atoms with Crippen LogP contribution in [0.5, 0.6) is 0 Å². The van der Waals surface area contributed by atoms with E-state index in [4.69, 9.17) is 4.74 Å². The number of cyclic esters (lactones) is 1. The average molecular weight is 447 g/mol. The minimum Gasteiger partial charge on any atom is -0.481 e. The number of pyridine rings is 1. The maximum atomic E-state index is 13.0. The van der Waals surface area contributed by atoms with E-state index in [2.05, 4.69) is 10.3 Å². The number of hydrogen-bond donors (Lipinski definition) is 2. The summed E-state index contributed by atoms with van der Waals surface area (Å²) in [4.78, 5) is 40.9. The molecule has 0 unspecified atom stereocenters. The highest BCUT2D eigenvalue weighted by atomic mass is 16.5. The number of aliphatic carboxylic acids is 1. The number of carbonyl (C=O) groups is 3. The Kier molecular flexibility index (Phi) is 6.00. The van der Waals surface area contributed by atoms with E-state index in [1.807, 2.05) is 62.4 Å². The lowest BCUT2D eigenvalue weighted by Crippen LogP contribution is -2.48. The number of nitrogens with one attached hydrogen (secondary N) is 1. The van der Waals surface area contributed by atoms with Gasteiger partial charge in [0.15, 0.2) is 0 Å². The van der Waals surface area contributed by atoms with Crippen LogP contribution < -0.4 is 5.32 Å². The first-order chi connectivity index (χ1) is 15.7. The van der Waals surface area contributed by atoms with Crippen molar-refractivity contribution in [1.82, 2.24) is 14.9 Å². The van der Waals surface area contributed by atoms with Gasteiger partial charge in [-0.1, -0.05) is 44.2 Å². The number of nitrogens with zero attached hydrogens (tertiary/aromatic N) is 2. The molecule has 8 nitrogen and oxygen atoms in total. The first kappa shape index (κ1) is 22.3. The number of benzene rings is 1. The number of carboxylic acids is 1. The molecule has 8 heteroatoms. The van der Waals surface area contributed by atoms with Gasteiger partial charge < -0.3 is 19.7 Å². The van der Waals surface area contributed by atoms with E-state index in [1.54, 1.807) is 23.2 Å². The predicted molar refractivity (Wildman–Crippen MR) is 121 cm³/mol. The molecule has 3 heterocycles. The van der Waals surface area contributed by atoms with Crippen LogP contribution in [0.2, 0.25) is 0 Å². The summed E-state index contributed by atoms with van der Waals surface area (Å²) >= 11 is 0. The monoisotopic (exact) mass is 447 g/mol. The van der Waals surface area contributed by atoms with Gasteiger partial charge in [-0.2, -0.15) is 0 Å². The summed E-state index contributed by atoms with van der Waals surface area (Å²) in [6.45, 7) is 3.83. The number of carbonyl (C=O) groups excluding carboxylic acids is 2. The molecule has 1 amide bonds. The highest BCUT2D eigenvalue weighted by molar-refractivity contribution is 5.90. The third kappa shape index (κ3) is 4.79. The molecule has 4 rings (SSSR count). The van der Waals surface area contributed by atoms with Gasteiger partial charge in [-0.05, 0) is 29.3 Å². The number of ether oxygens (including phenoxy) is 1. The average Bonchev–Trinajstić information content (AvgIpc) is 3.38. The molecule has 0 saturated carbocycles. The van der Waals surface area contributed by atoms with Crippen LogP contribution in [0, 0.1) is 5.41 Å². The van der Waals surface area contributed by atoms with Gasteiger partial charge in [0.25, 0.3) is 0 Å². The molecule has 0 spiro atoms. The highest BCUT2D eigenvalue weighted by Crippen LogP contribution is 2.30. The smallest absolute Gasteiger partial charge is 0.329 e. The highest BCUT2D eigenvalue weighted by Gasteiger charge is 2.45. The summed E-state index contributed by atoms with van der Waals surface area (Å²) < 4.78 is 6.64. The molecule has 0 bridgehead atoms. The van der Waals surface area contributed by atoms with Crippen molar-refractivity contribution in [2.75, 3.05) is 6.61 Å². The molecular weight excluding hydrogens is 422 g/mol. The van der Waals surface area contributed by atoms with Crippen LogP contribution >= 0.6 is 0 Å². The van der Waals surface area contributed by atoms with Gasteiger partial charge in [-0.3, -0.25) is 14.6 Å². The summed E-state index contributed by atoms with van der Waals surface area (Å²) in [6.07, 6.45) is 4.73. The molecule has 1 aliphatic rings. The fraction of sp³-hybridized carbons (Fsp3) is 0.280. The molecule has 0 aliphatic carbocycles. The topological polar surface area (TPSA) is 111 Å². The summed E-state index contributed by atoms with van der Waals surface area (Å²) in [7, 11) is 0. The van der Waals surface area contributed by atoms with Crippen LogP contribution in [0.4, 0.5) is 0 Å². The SMILES string of the molecule is CC1(C)COC(=O)[C@H]1NC(=O)[C@@H](CC(=O)O)n1ccc(-c2ccc(-c3ccccn3)cc2)c1. The maximum absolute atomic E-state index is 13.0. The number of aromatic nitrogens is 2. The van der Waals surface area contributed by atoms with Gasteiger partial charge in [0.05, 0.1) is 18.7 Å². The second-order valence-electron chi connectivity index (χ2n) is 8.79. The third-order valence-corrected chi connectivity index (χ3v) is 5.81. The number of amides is 1. The van der Waals surface area contributed by atoms with Gasteiger partial charge >= 0.3 is 11.9 Å². The molecule has 170 valence electrons. The van der Waals surface area contributed by atoms with Crippen molar-refractivity contribution in [2.45, 2.75) is 32.4 Å². The quantitative estimate of drug-likeness (QED) is 0.538. The molecular formula is C25H25N3O5. The number of rotatable bonds is 7. The molecule has 33 heavy (non-hydrogen) atoms. The second-order valence-corrected chi connectivity index (χ2v) is 8.79. The Balaban J connectivity index is 1.55. The predicted octanol–water partition coefficient (Wildman–Crippen LogP) is 3.30. The fourth-order valence-corrected chi connectivity index (χ4v) is 3.88. The summed E-state index contributed by atoms with van der Waals surface area (Å²) in [5.41, 5.74) is 3.04. The largest absolute Gasteiger partial charge is 0.481 e. The van der Waals surface area contributed by atoms with Crippen LogP contribution in [0.1, 0.15) is 26.3 Å². The van der Waals surface area contributed by atoms with Gasteiger partial charge in [0, 0.05) is 29.6 Å². The molecule has 3 aromatic rings. The fourth-order valence-electron chi connectivity index (χ4n) is 3.88. The van der Waals surface area contributed by atoms with Crippen molar-refractivity contribution in [3.8, 4) is 22.4 Å². The Morgan fingerprint density at radius 2 is 1.88 bits per heavy atom. The summed E-state index contributed by atoms with van der Waals surface area (Å²) in [5.74, 6) is -2.16. The number of esters is 1. The molecule has 2 aromatic heterocycles. The zero-order chi connectivity index (χ0) is 23.6. The van der Waals surface area contributed by atoms with Crippen molar-refractivity contribution < 1.29 is 24.2 Å². The molecule has 1 saturated heterocycles. The van der Waals surface area contributed by atoms with Gasteiger partial charge in [-0.15, -0.1) is 0 Å². The van der Waals surface area contributed by atoms with Gasteiger partial charge in [0.2, 0.25) is 5.91 Å². The standard InChI is InChI=1S/C25H25N3O5/c1-25(2)15-33-24(32)22(25)27-23(31)20(13-21(29)30)28-12-10-18(14-28)16-6-8-17(9-7-16)19-5-3-4-11-26-19/h3-12,14,20,22H,13,15H2,1-2H3,(H,27,31)(H,29,30)/t20-,22-/m1/s1. The molecule has 1 fully saturated rings. The van der Waals surface area contributed by atoms with Crippen molar-refractivity contribution in [1.29, 1.82) is 0 Å². The lowest BCUT2D eigenvalue weighted by Gasteiger charge is -2.25. The van der Waals surface area contributed by atoms with E-state index in [0.717, 1.165) is 22.4 Å². The zero-order valence-corrected chi connectivity index (χ0v) is 18.4. The number of hydrogen-bond acceptors (Lipinski definition) is 5. The van der Waals surface area contributed by atoms with Crippen molar-refractivity contribution in [2.24, 2.45) is 5.41 Å². The minimum absolute atomic E-state index is 0.197. The van der Waals surface area contributed by atoms with Crippen molar-refractivity contribution in [3.05, 3.63) is 67.1 Å². The lowest BCUT2D eigenvalue weighted by molar-refractivity contribution is -0.143. The van der Waals surface area contributed by atoms with E-state index in [-0.39, 0.29) is 6.61 Å². The van der Waals surface area contributed by atoms with E-state index in [1.165, 1.54) is 0 Å². The van der Waals surface area contributed by atoms with Crippen LogP contribution in [-0.4, -0.2) is 45.2 Å². The minimum atomic E-state index is -1.11. The van der Waals surface area contributed by atoms with Gasteiger partial charge in [0.1, 0.15) is 12.1 Å². The Morgan fingerprint density at radius 3 is 2.48 bits per heavy atom. The molecule has 2 N–H and O–H groups in total. The first-order valence-electron chi connectivity index (χ1n) is 10.6. The summed E-state index contributed by atoms with van der Waals surface area (Å²) in [6, 6.07) is 13.5. The van der Waals surface area contributed by atoms with E-state index < -0.39 is 41.8 Å².